The standard InChI is InChI=1S/C20H27N3O6/c1-13(2)9-10-20(3)18(26)23(19(27)22-20)11-17(25)29-12-16(24)21-14-7-5-6-8-15(14)28-4/h5-8,13H,9-12H2,1-4H3,(H,21,24)(H,22,27)/t20-/m0/s1. The van der Waals surface area contributed by atoms with E-state index in [0.29, 0.717) is 23.8 Å². The first-order chi connectivity index (χ1) is 13.7. The fourth-order valence-electron chi connectivity index (χ4n) is 2.89. The van der Waals surface area contributed by atoms with Gasteiger partial charge in [-0.1, -0.05) is 26.0 Å². The lowest BCUT2D eigenvalue weighted by Gasteiger charge is -2.22. The van der Waals surface area contributed by atoms with Crippen LogP contribution in [0.15, 0.2) is 24.3 Å². The summed E-state index contributed by atoms with van der Waals surface area (Å²) in [6.07, 6.45) is 1.23. The van der Waals surface area contributed by atoms with E-state index in [1.165, 1.54) is 7.11 Å². The lowest BCUT2D eigenvalue weighted by Crippen LogP contribution is -2.44. The van der Waals surface area contributed by atoms with Gasteiger partial charge >= 0.3 is 12.0 Å². The van der Waals surface area contributed by atoms with E-state index in [1.807, 2.05) is 13.8 Å². The average molecular weight is 405 g/mol. The van der Waals surface area contributed by atoms with Crippen LogP contribution in [0.4, 0.5) is 10.5 Å². The molecule has 0 bridgehead atoms. The number of ether oxygens (including phenoxy) is 2. The maximum absolute atomic E-state index is 12.6. The van der Waals surface area contributed by atoms with Crippen LogP contribution >= 0.6 is 0 Å². The first-order valence-corrected chi connectivity index (χ1v) is 9.39. The van der Waals surface area contributed by atoms with E-state index in [9.17, 15) is 19.2 Å². The first kappa shape index (κ1) is 22.2. The van der Waals surface area contributed by atoms with Crippen molar-refractivity contribution in [3.8, 4) is 5.75 Å². The molecule has 0 aromatic heterocycles. The maximum Gasteiger partial charge on any atom is 0.326 e. The Morgan fingerprint density at radius 1 is 1.24 bits per heavy atom. The third-order valence-corrected chi connectivity index (χ3v) is 4.60. The number of methoxy groups -OCH3 is 1. The van der Waals surface area contributed by atoms with Gasteiger partial charge in [-0.25, -0.2) is 4.79 Å². The second-order valence-corrected chi connectivity index (χ2v) is 7.50. The number of amides is 4. The van der Waals surface area contributed by atoms with E-state index in [0.717, 1.165) is 11.3 Å². The van der Waals surface area contributed by atoms with E-state index < -0.39 is 42.5 Å². The van der Waals surface area contributed by atoms with Crippen molar-refractivity contribution in [1.82, 2.24) is 10.2 Å². The highest BCUT2D eigenvalue weighted by Gasteiger charge is 2.48. The minimum absolute atomic E-state index is 0.372. The van der Waals surface area contributed by atoms with Gasteiger partial charge in [0.2, 0.25) is 0 Å². The number of imide groups is 1. The van der Waals surface area contributed by atoms with Crippen LogP contribution in [0.3, 0.4) is 0 Å². The minimum atomic E-state index is -1.04. The number of carbonyl (C=O) groups excluding carboxylic acids is 4. The Bertz CT molecular complexity index is 794. The average Bonchev–Trinajstić information content (AvgIpc) is 2.89. The zero-order chi connectivity index (χ0) is 21.6. The number of para-hydroxylation sites is 2. The largest absolute Gasteiger partial charge is 0.495 e. The number of nitrogens with one attached hydrogen (secondary N) is 2. The second-order valence-electron chi connectivity index (χ2n) is 7.50. The molecule has 1 heterocycles. The molecule has 1 saturated heterocycles. The predicted octanol–water partition coefficient (Wildman–Crippen LogP) is 1.92. The zero-order valence-corrected chi connectivity index (χ0v) is 17.1. The van der Waals surface area contributed by atoms with Crippen LogP contribution in [0, 0.1) is 5.92 Å². The number of anilines is 1. The Balaban J connectivity index is 1.86. The molecule has 0 saturated carbocycles. The molecule has 29 heavy (non-hydrogen) atoms. The lowest BCUT2D eigenvalue weighted by atomic mass is 9.92. The summed E-state index contributed by atoms with van der Waals surface area (Å²) in [6.45, 7) is 4.59. The highest BCUT2D eigenvalue weighted by Crippen LogP contribution is 2.25. The van der Waals surface area contributed by atoms with Gasteiger partial charge in [-0.3, -0.25) is 19.3 Å². The molecular formula is C20H27N3O6. The molecule has 0 spiro atoms. The summed E-state index contributed by atoms with van der Waals surface area (Å²) in [5, 5.41) is 5.20. The monoisotopic (exact) mass is 405 g/mol. The Morgan fingerprint density at radius 2 is 1.93 bits per heavy atom. The van der Waals surface area contributed by atoms with Gasteiger partial charge in [0, 0.05) is 0 Å². The molecule has 9 nitrogen and oxygen atoms in total. The highest BCUT2D eigenvalue weighted by molar-refractivity contribution is 6.08. The van der Waals surface area contributed by atoms with Gasteiger partial charge in [-0.15, -0.1) is 0 Å². The van der Waals surface area contributed by atoms with Crippen LogP contribution in [-0.4, -0.2) is 54.5 Å². The molecule has 158 valence electrons. The van der Waals surface area contributed by atoms with Crippen molar-refractivity contribution in [3.05, 3.63) is 24.3 Å². The van der Waals surface area contributed by atoms with Crippen molar-refractivity contribution in [2.24, 2.45) is 5.92 Å². The summed E-state index contributed by atoms with van der Waals surface area (Å²) < 4.78 is 10.0. The molecule has 9 heteroatoms. The SMILES string of the molecule is COc1ccccc1NC(=O)COC(=O)CN1C(=O)N[C@@](C)(CCC(C)C)C1=O. The molecule has 1 aliphatic rings. The summed E-state index contributed by atoms with van der Waals surface area (Å²) in [4.78, 5) is 49.6. The van der Waals surface area contributed by atoms with Gasteiger partial charge in [0.25, 0.3) is 11.8 Å². The van der Waals surface area contributed by atoms with Crippen LogP contribution < -0.4 is 15.4 Å². The van der Waals surface area contributed by atoms with Gasteiger partial charge in [0.15, 0.2) is 6.61 Å². The second kappa shape index (κ2) is 9.40. The number of hydrogen-bond donors (Lipinski definition) is 2. The Hall–Kier alpha value is -3.10. The molecule has 1 aromatic carbocycles. The van der Waals surface area contributed by atoms with E-state index in [-0.39, 0.29) is 0 Å². The van der Waals surface area contributed by atoms with Crippen LogP contribution in [0.5, 0.6) is 5.75 Å². The predicted molar refractivity (Wildman–Crippen MR) is 105 cm³/mol. The van der Waals surface area contributed by atoms with Crippen molar-refractivity contribution < 1.29 is 28.7 Å². The number of rotatable bonds is 9. The number of nitrogens with zero attached hydrogens (tertiary/aromatic N) is 1. The summed E-state index contributed by atoms with van der Waals surface area (Å²) >= 11 is 0. The molecule has 0 radical (unpaired) electrons. The van der Waals surface area contributed by atoms with E-state index in [2.05, 4.69) is 10.6 Å². The van der Waals surface area contributed by atoms with Crippen molar-refractivity contribution in [1.29, 1.82) is 0 Å². The van der Waals surface area contributed by atoms with E-state index in [4.69, 9.17) is 9.47 Å². The van der Waals surface area contributed by atoms with Gasteiger partial charge in [-0.05, 0) is 37.8 Å². The molecule has 2 N–H and O–H groups in total. The molecule has 4 amide bonds. The van der Waals surface area contributed by atoms with Crippen molar-refractivity contribution >= 4 is 29.5 Å². The van der Waals surface area contributed by atoms with Crippen molar-refractivity contribution in [3.63, 3.8) is 0 Å². The summed E-state index contributed by atoms with van der Waals surface area (Å²) in [6, 6.07) is 6.15. The van der Waals surface area contributed by atoms with Gasteiger partial charge < -0.3 is 20.1 Å². The number of esters is 1. The number of urea groups is 1. The van der Waals surface area contributed by atoms with Crippen molar-refractivity contribution in [2.45, 2.75) is 39.2 Å². The van der Waals surface area contributed by atoms with Gasteiger partial charge in [0.05, 0.1) is 12.8 Å². The summed E-state index contributed by atoms with van der Waals surface area (Å²) in [5.74, 6) is -1.05. The zero-order valence-electron chi connectivity index (χ0n) is 17.1. The van der Waals surface area contributed by atoms with E-state index in [1.54, 1.807) is 31.2 Å². The number of carbonyl (C=O) groups is 4. The first-order valence-electron chi connectivity index (χ1n) is 9.39. The molecule has 0 unspecified atom stereocenters. The third kappa shape index (κ3) is 5.69. The van der Waals surface area contributed by atoms with Crippen LogP contribution in [0.2, 0.25) is 0 Å². The molecular weight excluding hydrogens is 378 g/mol. The Morgan fingerprint density at radius 3 is 2.59 bits per heavy atom. The van der Waals surface area contributed by atoms with Crippen LogP contribution in [0.25, 0.3) is 0 Å². The lowest BCUT2D eigenvalue weighted by molar-refractivity contribution is -0.150. The smallest absolute Gasteiger partial charge is 0.326 e. The molecule has 0 aliphatic carbocycles. The number of benzene rings is 1. The maximum atomic E-state index is 12.6. The Kier molecular flexibility index (Phi) is 7.19. The Labute approximate surface area is 169 Å². The fraction of sp³-hybridized carbons (Fsp3) is 0.500. The third-order valence-electron chi connectivity index (χ3n) is 4.60. The van der Waals surface area contributed by atoms with E-state index >= 15 is 0 Å². The topological polar surface area (TPSA) is 114 Å². The molecule has 1 fully saturated rings. The minimum Gasteiger partial charge on any atom is -0.495 e. The molecule has 1 atom stereocenters. The summed E-state index contributed by atoms with van der Waals surface area (Å²) in [5.41, 5.74) is -0.603. The van der Waals surface area contributed by atoms with Crippen LogP contribution in [-0.2, 0) is 19.1 Å². The normalized spacial score (nSPS) is 18.6. The van der Waals surface area contributed by atoms with Crippen molar-refractivity contribution in [2.75, 3.05) is 25.6 Å². The number of hydrogen-bond acceptors (Lipinski definition) is 6. The van der Waals surface area contributed by atoms with Gasteiger partial charge in [0.1, 0.15) is 17.8 Å². The molecule has 1 aromatic rings. The molecule has 1 aliphatic heterocycles. The fourth-order valence-corrected chi connectivity index (χ4v) is 2.89. The quantitative estimate of drug-likeness (QED) is 0.479. The molecule has 2 rings (SSSR count). The highest BCUT2D eigenvalue weighted by atomic mass is 16.5. The van der Waals surface area contributed by atoms with Gasteiger partial charge in [-0.2, -0.15) is 0 Å². The summed E-state index contributed by atoms with van der Waals surface area (Å²) in [7, 11) is 1.47. The van der Waals surface area contributed by atoms with Crippen LogP contribution in [0.1, 0.15) is 33.6 Å².